The molecule has 1 aromatic carbocycles. The Labute approximate surface area is 120 Å². The van der Waals surface area contributed by atoms with Crippen LogP contribution in [0.4, 0.5) is 0 Å². The highest BCUT2D eigenvalue weighted by Crippen LogP contribution is 2.25. The summed E-state index contributed by atoms with van der Waals surface area (Å²) in [6.07, 6.45) is 3.95. The summed E-state index contributed by atoms with van der Waals surface area (Å²) >= 11 is 0. The van der Waals surface area contributed by atoms with Crippen LogP contribution in [0.25, 0.3) is 0 Å². The molecule has 0 saturated carbocycles. The van der Waals surface area contributed by atoms with Gasteiger partial charge in [-0.25, -0.2) is 4.98 Å². The quantitative estimate of drug-likeness (QED) is 0.922. The van der Waals surface area contributed by atoms with Crippen molar-refractivity contribution in [3.63, 3.8) is 0 Å². The summed E-state index contributed by atoms with van der Waals surface area (Å²) in [5.74, 6) is 1.58. The van der Waals surface area contributed by atoms with E-state index in [0.717, 1.165) is 25.5 Å². The topological polar surface area (TPSA) is 47.1 Å². The predicted molar refractivity (Wildman–Crippen MR) is 80.3 cm³/mol. The van der Waals surface area contributed by atoms with Crippen LogP contribution in [0, 0.1) is 0 Å². The highest BCUT2D eigenvalue weighted by atomic mass is 15.3. The van der Waals surface area contributed by atoms with Gasteiger partial charge in [-0.15, -0.1) is 0 Å². The van der Waals surface area contributed by atoms with Gasteiger partial charge in [0.2, 0.25) is 0 Å². The van der Waals surface area contributed by atoms with Crippen molar-refractivity contribution in [3.05, 3.63) is 54.1 Å². The van der Waals surface area contributed by atoms with Crippen molar-refractivity contribution in [2.45, 2.75) is 32.0 Å². The number of aromatic nitrogens is 2. The van der Waals surface area contributed by atoms with Gasteiger partial charge in [0.25, 0.3) is 0 Å². The maximum atomic E-state index is 6.07. The van der Waals surface area contributed by atoms with Gasteiger partial charge >= 0.3 is 0 Å². The maximum absolute atomic E-state index is 6.07. The van der Waals surface area contributed by atoms with E-state index in [-0.39, 0.29) is 0 Å². The molecular formula is C16H22N4. The molecule has 1 aliphatic heterocycles. The van der Waals surface area contributed by atoms with E-state index in [9.17, 15) is 0 Å². The van der Waals surface area contributed by atoms with Crippen LogP contribution in [0.2, 0.25) is 0 Å². The first-order chi connectivity index (χ1) is 9.79. The van der Waals surface area contributed by atoms with Crippen LogP contribution < -0.4 is 5.73 Å². The highest BCUT2D eigenvalue weighted by molar-refractivity contribution is 5.21. The molecule has 0 radical (unpaired) electrons. The molecular weight excluding hydrogens is 248 g/mol. The fourth-order valence-corrected chi connectivity index (χ4v) is 3.12. The van der Waals surface area contributed by atoms with Crippen LogP contribution in [-0.4, -0.2) is 33.6 Å². The van der Waals surface area contributed by atoms with E-state index in [1.165, 1.54) is 5.56 Å². The SMILES string of the molecule is CC(c1ccccc1)C(CN)N1CCn2ccnc2C1. The van der Waals surface area contributed by atoms with Crippen LogP contribution in [0.5, 0.6) is 0 Å². The second kappa shape index (κ2) is 5.77. The summed E-state index contributed by atoms with van der Waals surface area (Å²) in [5, 5.41) is 0. The Morgan fingerprint density at radius 3 is 2.80 bits per heavy atom. The van der Waals surface area contributed by atoms with E-state index in [0.29, 0.717) is 18.5 Å². The van der Waals surface area contributed by atoms with Crippen molar-refractivity contribution < 1.29 is 0 Å². The Morgan fingerprint density at radius 1 is 1.25 bits per heavy atom. The zero-order chi connectivity index (χ0) is 13.9. The van der Waals surface area contributed by atoms with Gasteiger partial charge in [0, 0.05) is 38.1 Å². The standard InChI is InChI=1S/C16H22N4/c1-13(14-5-3-2-4-6-14)15(11-17)20-10-9-19-8-7-18-16(19)12-20/h2-8,13,15H,9-12,17H2,1H3. The van der Waals surface area contributed by atoms with E-state index in [1.807, 2.05) is 6.20 Å². The summed E-state index contributed by atoms with van der Waals surface area (Å²) in [5.41, 5.74) is 7.43. The van der Waals surface area contributed by atoms with Gasteiger partial charge in [0.15, 0.2) is 0 Å². The third kappa shape index (κ3) is 2.49. The summed E-state index contributed by atoms with van der Waals surface area (Å²) in [6.45, 7) is 5.90. The molecule has 20 heavy (non-hydrogen) atoms. The lowest BCUT2D eigenvalue weighted by Gasteiger charge is -2.37. The molecule has 0 amide bonds. The molecule has 0 fully saturated rings. The van der Waals surface area contributed by atoms with Gasteiger partial charge in [-0.1, -0.05) is 37.3 Å². The Bertz CT molecular complexity index is 549. The van der Waals surface area contributed by atoms with E-state index in [4.69, 9.17) is 5.73 Å². The summed E-state index contributed by atoms with van der Waals surface area (Å²) < 4.78 is 2.23. The monoisotopic (exact) mass is 270 g/mol. The van der Waals surface area contributed by atoms with Gasteiger partial charge in [0.05, 0.1) is 6.54 Å². The number of benzene rings is 1. The minimum atomic E-state index is 0.364. The minimum Gasteiger partial charge on any atom is -0.333 e. The molecule has 1 aliphatic rings. The molecule has 2 heterocycles. The van der Waals surface area contributed by atoms with Crippen molar-refractivity contribution in [3.8, 4) is 0 Å². The Balaban J connectivity index is 1.77. The first-order valence-electron chi connectivity index (χ1n) is 7.28. The highest BCUT2D eigenvalue weighted by Gasteiger charge is 2.27. The van der Waals surface area contributed by atoms with Crippen molar-refractivity contribution in [1.29, 1.82) is 0 Å². The first-order valence-corrected chi connectivity index (χ1v) is 7.28. The van der Waals surface area contributed by atoms with E-state index in [2.05, 4.69) is 57.9 Å². The largest absolute Gasteiger partial charge is 0.333 e. The molecule has 4 heteroatoms. The van der Waals surface area contributed by atoms with Crippen LogP contribution in [0.15, 0.2) is 42.7 Å². The number of fused-ring (bicyclic) bond motifs is 1. The number of nitrogens with zero attached hydrogens (tertiary/aromatic N) is 3. The molecule has 4 nitrogen and oxygen atoms in total. The molecule has 2 atom stereocenters. The molecule has 3 rings (SSSR count). The van der Waals surface area contributed by atoms with Gasteiger partial charge in [-0.05, 0) is 11.5 Å². The average Bonchev–Trinajstić information content (AvgIpc) is 2.96. The molecule has 2 aromatic rings. The molecule has 1 aromatic heterocycles. The fraction of sp³-hybridized carbons (Fsp3) is 0.438. The molecule has 2 N–H and O–H groups in total. The zero-order valence-corrected chi connectivity index (χ0v) is 11.9. The molecule has 0 aliphatic carbocycles. The molecule has 0 spiro atoms. The molecule has 0 saturated heterocycles. The number of rotatable bonds is 4. The second-order valence-electron chi connectivity index (χ2n) is 5.51. The second-order valence-corrected chi connectivity index (χ2v) is 5.51. The lowest BCUT2D eigenvalue weighted by Crippen LogP contribution is -2.47. The van der Waals surface area contributed by atoms with Crippen molar-refractivity contribution in [2.24, 2.45) is 5.73 Å². The molecule has 106 valence electrons. The fourth-order valence-electron chi connectivity index (χ4n) is 3.12. The van der Waals surface area contributed by atoms with Crippen molar-refractivity contribution in [1.82, 2.24) is 14.5 Å². The number of nitrogens with two attached hydrogens (primary N) is 1. The lowest BCUT2D eigenvalue weighted by atomic mass is 9.92. The summed E-state index contributed by atoms with van der Waals surface area (Å²) in [6, 6.07) is 11.0. The summed E-state index contributed by atoms with van der Waals surface area (Å²) in [7, 11) is 0. The number of hydrogen-bond donors (Lipinski definition) is 1. The van der Waals surface area contributed by atoms with Gasteiger partial charge in [-0.3, -0.25) is 4.90 Å². The predicted octanol–water partition coefficient (Wildman–Crippen LogP) is 1.83. The smallest absolute Gasteiger partial charge is 0.122 e. The number of imidazole rings is 1. The number of hydrogen-bond acceptors (Lipinski definition) is 3. The van der Waals surface area contributed by atoms with Crippen molar-refractivity contribution in [2.75, 3.05) is 13.1 Å². The van der Waals surface area contributed by atoms with E-state index >= 15 is 0 Å². The first kappa shape index (κ1) is 13.3. The lowest BCUT2D eigenvalue weighted by molar-refractivity contribution is 0.139. The maximum Gasteiger partial charge on any atom is 0.122 e. The van der Waals surface area contributed by atoms with Crippen LogP contribution in [-0.2, 0) is 13.1 Å². The molecule has 0 bridgehead atoms. The Morgan fingerprint density at radius 2 is 2.05 bits per heavy atom. The van der Waals surface area contributed by atoms with Crippen LogP contribution in [0.3, 0.4) is 0 Å². The van der Waals surface area contributed by atoms with Gasteiger partial charge in [-0.2, -0.15) is 0 Å². The van der Waals surface area contributed by atoms with Gasteiger partial charge in [0.1, 0.15) is 5.82 Å². The zero-order valence-electron chi connectivity index (χ0n) is 11.9. The van der Waals surface area contributed by atoms with E-state index < -0.39 is 0 Å². The van der Waals surface area contributed by atoms with E-state index in [1.54, 1.807) is 0 Å². The average molecular weight is 270 g/mol. The Hall–Kier alpha value is -1.65. The van der Waals surface area contributed by atoms with Crippen molar-refractivity contribution >= 4 is 0 Å². The normalized spacial score (nSPS) is 18.5. The minimum absolute atomic E-state index is 0.364. The summed E-state index contributed by atoms with van der Waals surface area (Å²) in [4.78, 5) is 6.91. The third-order valence-electron chi connectivity index (χ3n) is 4.39. The molecule has 2 unspecified atom stereocenters. The third-order valence-corrected chi connectivity index (χ3v) is 4.39. The van der Waals surface area contributed by atoms with Gasteiger partial charge < -0.3 is 10.3 Å². The Kier molecular flexibility index (Phi) is 3.85. The van der Waals surface area contributed by atoms with Crippen LogP contribution >= 0.6 is 0 Å². The van der Waals surface area contributed by atoms with Crippen LogP contribution in [0.1, 0.15) is 24.2 Å².